The Morgan fingerprint density at radius 3 is 2.53 bits per heavy atom. The van der Waals surface area contributed by atoms with E-state index in [1.54, 1.807) is 0 Å². The average molecular weight is 260 g/mol. The van der Waals surface area contributed by atoms with E-state index in [1.165, 1.54) is 19.3 Å². The summed E-state index contributed by atoms with van der Waals surface area (Å²) >= 11 is 0. The lowest BCUT2D eigenvalue weighted by atomic mass is 9.71. The molecule has 0 aliphatic heterocycles. The van der Waals surface area contributed by atoms with Crippen LogP contribution >= 0.6 is 0 Å². The van der Waals surface area contributed by atoms with Gasteiger partial charge in [-0.25, -0.2) is 0 Å². The zero-order valence-corrected chi connectivity index (χ0v) is 12.2. The van der Waals surface area contributed by atoms with Crippen LogP contribution in [0.5, 0.6) is 5.75 Å². The topological polar surface area (TPSA) is 26.3 Å². The van der Waals surface area contributed by atoms with Crippen LogP contribution < -0.4 is 4.74 Å². The van der Waals surface area contributed by atoms with Crippen LogP contribution in [-0.4, -0.2) is 11.9 Å². The second kappa shape index (κ2) is 5.77. The minimum atomic E-state index is -0.172. The molecule has 2 rings (SSSR count). The number of Topliss-reactive ketones (excluding diaryl/α,β-unsaturated/α-hetero) is 1. The molecule has 1 aromatic rings. The maximum absolute atomic E-state index is 12.7. The van der Waals surface area contributed by atoms with Gasteiger partial charge in [0.2, 0.25) is 0 Å². The van der Waals surface area contributed by atoms with Crippen LogP contribution in [0.1, 0.15) is 63.2 Å². The largest absolute Gasteiger partial charge is 0.491 e. The van der Waals surface area contributed by atoms with Gasteiger partial charge >= 0.3 is 0 Å². The highest BCUT2D eigenvalue weighted by Gasteiger charge is 2.35. The molecule has 1 aliphatic carbocycles. The Bertz CT molecular complexity index is 442. The number of carbonyl (C=O) groups is 1. The van der Waals surface area contributed by atoms with Gasteiger partial charge in [-0.3, -0.25) is 4.79 Å². The first-order valence-corrected chi connectivity index (χ1v) is 7.33. The molecule has 0 N–H and O–H groups in total. The van der Waals surface area contributed by atoms with E-state index in [0.29, 0.717) is 0 Å². The second-order valence-electron chi connectivity index (χ2n) is 6.14. The average Bonchev–Trinajstić information content (AvgIpc) is 2.38. The van der Waals surface area contributed by atoms with Crippen molar-refractivity contribution < 1.29 is 9.53 Å². The van der Waals surface area contributed by atoms with E-state index in [1.807, 2.05) is 38.1 Å². The highest BCUT2D eigenvalue weighted by atomic mass is 16.5. The summed E-state index contributed by atoms with van der Waals surface area (Å²) in [4.78, 5) is 12.7. The lowest BCUT2D eigenvalue weighted by molar-refractivity contribution is 0.0749. The van der Waals surface area contributed by atoms with Gasteiger partial charge in [-0.2, -0.15) is 0 Å². The molecule has 1 saturated carbocycles. The molecule has 0 radical (unpaired) electrons. The standard InChI is InChI=1S/C17H24O2/c1-13(2)19-15-9-7-8-14(12-15)16(18)17(3)10-5-4-6-11-17/h7-9,12-13H,4-6,10-11H2,1-3H3. The molecule has 104 valence electrons. The van der Waals surface area contributed by atoms with Gasteiger partial charge in [-0.15, -0.1) is 0 Å². The Balaban J connectivity index is 2.18. The molecule has 19 heavy (non-hydrogen) atoms. The van der Waals surface area contributed by atoms with Gasteiger partial charge in [-0.1, -0.05) is 38.3 Å². The number of ether oxygens (including phenoxy) is 1. The molecule has 2 heteroatoms. The summed E-state index contributed by atoms with van der Waals surface area (Å²) in [6.07, 6.45) is 5.77. The van der Waals surface area contributed by atoms with Gasteiger partial charge in [0.1, 0.15) is 5.75 Å². The fourth-order valence-electron chi connectivity index (χ4n) is 2.89. The molecule has 2 nitrogen and oxygen atoms in total. The third-order valence-corrected chi connectivity index (χ3v) is 3.97. The van der Waals surface area contributed by atoms with Gasteiger partial charge in [0, 0.05) is 11.0 Å². The van der Waals surface area contributed by atoms with E-state index in [0.717, 1.165) is 24.2 Å². The van der Waals surface area contributed by atoms with Gasteiger partial charge in [0.25, 0.3) is 0 Å². The highest BCUT2D eigenvalue weighted by Crippen LogP contribution is 2.39. The van der Waals surface area contributed by atoms with Crippen molar-refractivity contribution in [3.05, 3.63) is 29.8 Å². The molecule has 1 fully saturated rings. The summed E-state index contributed by atoms with van der Waals surface area (Å²) in [5.74, 6) is 1.07. The van der Waals surface area contributed by atoms with E-state index < -0.39 is 0 Å². The molecule has 1 aliphatic rings. The lowest BCUT2D eigenvalue weighted by Gasteiger charge is -2.32. The minimum Gasteiger partial charge on any atom is -0.491 e. The van der Waals surface area contributed by atoms with Crippen molar-refractivity contribution in [2.24, 2.45) is 5.41 Å². The van der Waals surface area contributed by atoms with Crippen LogP contribution in [0, 0.1) is 5.41 Å². The monoisotopic (exact) mass is 260 g/mol. The minimum absolute atomic E-state index is 0.135. The molecule has 1 aromatic carbocycles. The predicted octanol–water partition coefficient (Wildman–Crippen LogP) is 4.63. The quantitative estimate of drug-likeness (QED) is 0.738. The summed E-state index contributed by atoms with van der Waals surface area (Å²) in [5, 5.41) is 0. The van der Waals surface area contributed by atoms with Crippen LogP contribution in [0.4, 0.5) is 0 Å². The summed E-state index contributed by atoms with van der Waals surface area (Å²) in [5.41, 5.74) is 0.622. The molecule has 0 aromatic heterocycles. The van der Waals surface area contributed by atoms with Crippen LogP contribution in [0.3, 0.4) is 0 Å². The van der Waals surface area contributed by atoms with Crippen molar-refractivity contribution in [2.45, 2.75) is 59.0 Å². The Morgan fingerprint density at radius 1 is 1.21 bits per heavy atom. The first kappa shape index (κ1) is 14.1. The van der Waals surface area contributed by atoms with E-state index in [9.17, 15) is 4.79 Å². The molecule has 0 amide bonds. The predicted molar refractivity (Wildman–Crippen MR) is 77.7 cm³/mol. The van der Waals surface area contributed by atoms with Crippen LogP contribution in [0.25, 0.3) is 0 Å². The Morgan fingerprint density at radius 2 is 1.89 bits per heavy atom. The van der Waals surface area contributed by atoms with Crippen LogP contribution in [0.15, 0.2) is 24.3 Å². The summed E-state index contributed by atoms with van der Waals surface area (Å²) in [6.45, 7) is 6.11. The third-order valence-electron chi connectivity index (χ3n) is 3.97. The van der Waals surface area contributed by atoms with Crippen molar-refractivity contribution in [3.8, 4) is 5.75 Å². The molecule has 0 unspecified atom stereocenters. The van der Waals surface area contributed by atoms with Crippen LogP contribution in [0.2, 0.25) is 0 Å². The summed E-state index contributed by atoms with van der Waals surface area (Å²) < 4.78 is 5.67. The van der Waals surface area contributed by atoms with E-state index in [-0.39, 0.29) is 17.3 Å². The highest BCUT2D eigenvalue weighted by molar-refractivity contribution is 6.00. The molecule has 0 saturated heterocycles. The zero-order valence-electron chi connectivity index (χ0n) is 12.2. The second-order valence-corrected chi connectivity index (χ2v) is 6.14. The molecule has 0 heterocycles. The Kier molecular flexibility index (Phi) is 4.28. The van der Waals surface area contributed by atoms with Gasteiger partial charge in [-0.05, 0) is 38.8 Å². The van der Waals surface area contributed by atoms with Gasteiger partial charge in [0.15, 0.2) is 5.78 Å². The number of benzene rings is 1. The van der Waals surface area contributed by atoms with E-state index >= 15 is 0 Å². The van der Waals surface area contributed by atoms with E-state index in [4.69, 9.17) is 4.74 Å². The van der Waals surface area contributed by atoms with E-state index in [2.05, 4.69) is 6.92 Å². The Labute approximate surface area is 116 Å². The fourth-order valence-corrected chi connectivity index (χ4v) is 2.89. The van der Waals surface area contributed by atoms with Crippen molar-refractivity contribution in [2.75, 3.05) is 0 Å². The third kappa shape index (κ3) is 3.37. The van der Waals surface area contributed by atoms with Crippen molar-refractivity contribution in [1.82, 2.24) is 0 Å². The zero-order chi connectivity index (χ0) is 13.9. The molecule has 0 spiro atoms. The number of rotatable bonds is 4. The van der Waals surface area contributed by atoms with Crippen molar-refractivity contribution >= 4 is 5.78 Å². The number of carbonyl (C=O) groups excluding carboxylic acids is 1. The SMILES string of the molecule is CC(C)Oc1cccc(C(=O)C2(C)CCCCC2)c1. The maximum atomic E-state index is 12.7. The number of hydrogen-bond acceptors (Lipinski definition) is 2. The molecular weight excluding hydrogens is 236 g/mol. The van der Waals surface area contributed by atoms with Crippen LogP contribution in [-0.2, 0) is 0 Å². The first-order chi connectivity index (χ1) is 9.01. The molecule has 0 atom stereocenters. The number of ketones is 1. The molecule has 0 bridgehead atoms. The molecular formula is C17H24O2. The maximum Gasteiger partial charge on any atom is 0.168 e. The lowest BCUT2D eigenvalue weighted by Crippen LogP contribution is -2.30. The summed E-state index contributed by atoms with van der Waals surface area (Å²) in [6, 6.07) is 7.63. The first-order valence-electron chi connectivity index (χ1n) is 7.33. The Hall–Kier alpha value is -1.31. The van der Waals surface area contributed by atoms with Gasteiger partial charge in [0.05, 0.1) is 6.10 Å². The smallest absolute Gasteiger partial charge is 0.168 e. The fraction of sp³-hybridized carbons (Fsp3) is 0.588. The van der Waals surface area contributed by atoms with Gasteiger partial charge < -0.3 is 4.74 Å². The summed E-state index contributed by atoms with van der Waals surface area (Å²) in [7, 11) is 0. The van der Waals surface area contributed by atoms with Crippen molar-refractivity contribution in [3.63, 3.8) is 0 Å². The number of hydrogen-bond donors (Lipinski definition) is 0. The van der Waals surface area contributed by atoms with Crippen molar-refractivity contribution in [1.29, 1.82) is 0 Å². The normalized spacial score (nSPS) is 18.3.